The topological polar surface area (TPSA) is 82.3 Å². The highest BCUT2D eigenvalue weighted by Gasteiger charge is 2.36. The molecule has 0 unspecified atom stereocenters. The molecule has 0 bridgehead atoms. The molecule has 0 saturated carbocycles. The van der Waals surface area contributed by atoms with Crippen LogP contribution in [0, 0.1) is 16.0 Å². The predicted octanol–water partition coefficient (Wildman–Crippen LogP) is 2.44. The Balaban J connectivity index is 2.32. The minimum Gasteiger partial charge on any atom is -0.369 e. The second-order valence-corrected chi connectivity index (χ2v) is 4.72. The van der Waals surface area contributed by atoms with Crippen LogP contribution in [0.3, 0.4) is 0 Å². The zero-order chi connectivity index (χ0) is 14.0. The number of ketones is 1. The van der Waals surface area contributed by atoms with Gasteiger partial charge in [0.15, 0.2) is 0 Å². The third-order valence-corrected chi connectivity index (χ3v) is 3.57. The Morgan fingerprint density at radius 2 is 2.32 bits per heavy atom. The highest BCUT2D eigenvalue weighted by molar-refractivity contribution is 5.82. The number of nitrogens with zero attached hydrogens (tertiary/aromatic N) is 2. The number of hydrogen-bond donors (Lipinski definition) is 0. The molecule has 6 nitrogen and oxygen atoms in total. The van der Waals surface area contributed by atoms with Crippen LogP contribution in [-0.2, 0) is 9.53 Å². The number of Topliss-reactive ketones (excluding diaryl/α,β-unsaturated/α-hetero) is 1. The molecular formula is C13H16N2O4. The van der Waals surface area contributed by atoms with Crippen LogP contribution in [0.25, 0.3) is 0 Å². The third kappa shape index (κ3) is 2.63. The van der Waals surface area contributed by atoms with Crippen molar-refractivity contribution < 1.29 is 14.5 Å². The van der Waals surface area contributed by atoms with Crippen molar-refractivity contribution in [3.8, 4) is 0 Å². The Kier molecular flexibility index (Phi) is 3.90. The van der Waals surface area contributed by atoms with Crippen molar-refractivity contribution in [3.63, 3.8) is 0 Å². The molecule has 102 valence electrons. The molecule has 1 aliphatic rings. The lowest BCUT2D eigenvalue weighted by atomic mass is 9.88. The van der Waals surface area contributed by atoms with Crippen molar-refractivity contribution >= 4 is 11.5 Å². The number of hydrogen-bond acceptors (Lipinski definition) is 5. The summed E-state index contributed by atoms with van der Waals surface area (Å²) in [5, 5.41) is 11.0. The maximum absolute atomic E-state index is 12.0. The number of pyridine rings is 1. The van der Waals surface area contributed by atoms with Crippen molar-refractivity contribution in [2.24, 2.45) is 5.92 Å². The second-order valence-electron chi connectivity index (χ2n) is 4.72. The SMILES string of the molecule is CC[C@H]1O[C@@H](c2ccncc2[N+](=O)[O-])CC(=O)[C@@H]1C. The van der Waals surface area contributed by atoms with Crippen LogP contribution >= 0.6 is 0 Å². The smallest absolute Gasteiger partial charge is 0.293 e. The summed E-state index contributed by atoms with van der Waals surface area (Å²) in [6.07, 6.45) is 2.85. The van der Waals surface area contributed by atoms with Crippen molar-refractivity contribution in [1.82, 2.24) is 4.98 Å². The van der Waals surface area contributed by atoms with Gasteiger partial charge in [0.05, 0.1) is 22.7 Å². The van der Waals surface area contributed by atoms with Gasteiger partial charge in [-0.2, -0.15) is 0 Å². The number of rotatable bonds is 3. The fraction of sp³-hybridized carbons (Fsp3) is 0.538. The number of aromatic nitrogens is 1. The fourth-order valence-corrected chi connectivity index (χ4v) is 2.41. The summed E-state index contributed by atoms with van der Waals surface area (Å²) in [7, 11) is 0. The average molecular weight is 264 g/mol. The van der Waals surface area contributed by atoms with Gasteiger partial charge in [0.1, 0.15) is 12.0 Å². The molecule has 1 aromatic rings. The molecule has 1 saturated heterocycles. The van der Waals surface area contributed by atoms with Gasteiger partial charge in [-0.25, -0.2) is 0 Å². The lowest BCUT2D eigenvalue weighted by molar-refractivity contribution is -0.386. The number of carbonyl (C=O) groups is 1. The summed E-state index contributed by atoms with van der Waals surface area (Å²) >= 11 is 0. The van der Waals surface area contributed by atoms with E-state index in [1.54, 1.807) is 6.07 Å². The van der Waals surface area contributed by atoms with E-state index in [9.17, 15) is 14.9 Å². The van der Waals surface area contributed by atoms with Crippen LogP contribution in [0.2, 0.25) is 0 Å². The van der Waals surface area contributed by atoms with Crippen LogP contribution in [0.5, 0.6) is 0 Å². The molecule has 0 radical (unpaired) electrons. The quantitative estimate of drug-likeness (QED) is 0.618. The predicted molar refractivity (Wildman–Crippen MR) is 67.6 cm³/mol. The van der Waals surface area contributed by atoms with Crippen molar-refractivity contribution in [2.75, 3.05) is 0 Å². The van der Waals surface area contributed by atoms with Gasteiger partial charge >= 0.3 is 0 Å². The van der Waals surface area contributed by atoms with Gasteiger partial charge in [-0.1, -0.05) is 13.8 Å². The minimum absolute atomic E-state index is 0.0919. The van der Waals surface area contributed by atoms with Gasteiger partial charge in [-0.05, 0) is 12.5 Å². The Morgan fingerprint density at radius 3 is 2.95 bits per heavy atom. The lowest BCUT2D eigenvalue weighted by Crippen LogP contribution is -2.36. The van der Waals surface area contributed by atoms with Crippen molar-refractivity contribution in [2.45, 2.75) is 38.9 Å². The van der Waals surface area contributed by atoms with Crippen molar-refractivity contribution in [3.05, 3.63) is 34.1 Å². The largest absolute Gasteiger partial charge is 0.369 e. The Bertz CT molecular complexity index is 503. The zero-order valence-electron chi connectivity index (χ0n) is 10.9. The standard InChI is InChI=1S/C13H16N2O4/c1-3-12-8(2)11(16)6-13(19-12)9-4-5-14-7-10(9)15(17)18/h4-5,7-8,12-13H,3,6H2,1-2H3/t8-,12+,13+/m0/s1. The minimum atomic E-state index is -0.544. The van der Waals surface area contributed by atoms with Crippen LogP contribution < -0.4 is 0 Å². The van der Waals surface area contributed by atoms with Crippen LogP contribution in [0.1, 0.15) is 38.4 Å². The Labute approximate surface area is 110 Å². The summed E-state index contributed by atoms with van der Waals surface area (Å²) < 4.78 is 5.84. The second kappa shape index (κ2) is 5.44. The van der Waals surface area contributed by atoms with Gasteiger partial charge in [-0.15, -0.1) is 0 Å². The molecular weight excluding hydrogens is 248 g/mol. The number of nitro groups is 1. The van der Waals surface area contributed by atoms with Gasteiger partial charge in [-0.3, -0.25) is 19.9 Å². The molecule has 0 spiro atoms. The summed E-state index contributed by atoms with van der Waals surface area (Å²) in [5.74, 6) is -0.0589. The zero-order valence-corrected chi connectivity index (χ0v) is 10.9. The van der Waals surface area contributed by atoms with Gasteiger partial charge in [0, 0.05) is 18.5 Å². The van der Waals surface area contributed by atoms with E-state index >= 15 is 0 Å². The molecule has 6 heteroatoms. The van der Waals surface area contributed by atoms with E-state index < -0.39 is 11.0 Å². The highest BCUT2D eigenvalue weighted by Crippen LogP contribution is 2.36. The normalized spacial score (nSPS) is 27.3. The molecule has 1 fully saturated rings. The molecule has 19 heavy (non-hydrogen) atoms. The molecule has 0 N–H and O–H groups in total. The van der Waals surface area contributed by atoms with E-state index in [0.717, 1.165) is 0 Å². The Hall–Kier alpha value is -1.82. The van der Waals surface area contributed by atoms with E-state index in [-0.39, 0.29) is 29.9 Å². The first-order chi connectivity index (χ1) is 9.04. The number of carbonyl (C=O) groups excluding carboxylic acids is 1. The maximum atomic E-state index is 12.0. The average Bonchev–Trinajstić information content (AvgIpc) is 2.41. The van der Waals surface area contributed by atoms with E-state index in [0.29, 0.717) is 12.0 Å². The first kappa shape index (κ1) is 13.6. The molecule has 2 rings (SSSR count). The maximum Gasteiger partial charge on any atom is 0.293 e. The first-order valence-electron chi connectivity index (χ1n) is 6.31. The van der Waals surface area contributed by atoms with Crippen LogP contribution in [0.15, 0.2) is 18.5 Å². The first-order valence-corrected chi connectivity index (χ1v) is 6.31. The third-order valence-electron chi connectivity index (χ3n) is 3.57. The molecule has 0 aromatic carbocycles. The van der Waals surface area contributed by atoms with E-state index in [1.807, 2.05) is 13.8 Å². The molecule has 3 atom stereocenters. The molecule has 2 heterocycles. The van der Waals surface area contributed by atoms with Crippen molar-refractivity contribution in [1.29, 1.82) is 0 Å². The summed E-state index contributed by atoms with van der Waals surface area (Å²) in [4.78, 5) is 26.2. The summed E-state index contributed by atoms with van der Waals surface area (Å²) in [6, 6.07) is 1.55. The highest BCUT2D eigenvalue weighted by atomic mass is 16.6. The van der Waals surface area contributed by atoms with E-state index in [1.165, 1.54) is 12.4 Å². The van der Waals surface area contributed by atoms with Gasteiger partial charge in [0.25, 0.3) is 5.69 Å². The monoisotopic (exact) mass is 264 g/mol. The molecule has 0 amide bonds. The van der Waals surface area contributed by atoms with Gasteiger partial charge in [0.2, 0.25) is 0 Å². The lowest BCUT2D eigenvalue weighted by Gasteiger charge is -2.33. The fourth-order valence-electron chi connectivity index (χ4n) is 2.41. The van der Waals surface area contributed by atoms with Crippen LogP contribution in [-0.4, -0.2) is 21.8 Å². The molecule has 0 aliphatic carbocycles. The summed E-state index contributed by atoms with van der Waals surface area (Å²) in [6.45, 7) is 3.78. The number of ether oxygens (including phenoxy) is 1. The Morgan fingerprint density at radius 1 is 1.58 bits per heavy atom. The molecule has 1 aliphatic heterocycles. The van der Waals surface area contributed by atoms with Crippen LogP contribution in [0.4, 0.5) is 5.69 Å². The van der Waals surface area contributed by atoms with E-state index in [2.05, 4.69) is 4.98 Å². The van der Waals surface area contributed by atoms with Gasteiger partial charge < -0.3 is 4.74 Å². The van der Waals surface area contributed by atoms with E-state index in [4.69, 9.17) is 4.74 Å². The molecule has 1 aromatic heterocycles. The summed E-state index contributed by atoms with van der Waals surface area (Å²) in [5.41, 5.74) is 0.336.